The van der Waals surface area contributed by atoms with Gasteiger partial charge in [0.05, 0.1) is 19.6 Å². The number of hydrogen-bond donors (Lipinski definition) is 0. The highest BCUT2D eigenvalue weighted by molar-refractivity contribution is 5.78. The number of ether oxygens (including phenoxy) is 2. The van der Waals surface area contributed by atoms with E-state index in [0.29, 0.717) is 63.7 Å². The molecule has 1 aliphatic heterocycles. The Balaban J connectivity index is 1.68. The zero-order valence-corrected chi connectivity index (χ0v) is 18.9. The fourth-order valence-corrected chi connectivity index (χ4v) is 3.80. The third-order valence-corrected chi connectivity index (χ3v) is 5.34. The Morgan fingerprint density at radius 1 is 1.00 bits per heavy atom. The first-order chi connectivity index (χ1) is 15.4. The minimum absolute atomic E-state index is 0.0255. The maximum absolute atomic E-state index is 12.5. The lowest BCUT2D eigenvalue weighted by atomic mass is 10.1. The van der Waals surface area contributed by atoms with E-state index in [2.05, 4.69) is 20.0 Å². The zero-order valence-electron chi connectivity index (χ0n) is 18.9. The van der Waals surface area contributed by atoms with E-state index in [1.165, 1.54) is 6.33 Å². The molecule has 0 radical (unpaired) electrons. The molecule has 3 heterocycles. The van der Waals surface area contributed by atoms with Crippen LogP contribution in [0.15, 0.2) is 6.33 Å². The molecule has 2 aromatic rings. The van der Waals surface area contributed by atoms with Crippen LogP contribution in [0.1, 0.15) is 44.4 Å². The molecule has 11 heteroatoms. The molecule has 0 bridgehead atoms. The van der Waals surface area contributed by atoms with Crippen LogP contribution in [-0.4, -0.2) is 81.7 Å². The molecule has 0 aromatic carbocycles. The topological polar surface area (TPSA) is 119 Å². The second-order valence-corrected chi connectivity index (χ2v) is 7.48. The number of aryl methyl sites for hydroxylation is 1. The molecule has 0 aliphatic carbocycles. The Morgan fingerprint density at radius 3 is 2.38 bits per heavy atom. The van der Waals surface area contributed by atoms with Crippen LogP contribution >= 0.6 is 0 Å². The van der Waals surface area contributed by atoms with Crippen molar-refractivity contribution in [1.82, 2.24) is 24.5 Å². The lowest BCUT2D eigenvalue weighted by molar-refractivity contribution is -0.144. The number of rotatable bonds is 9. The van der Waals surface area contributed by atoms with Gasteiger partial charge in [-0.1, -0.05) is 0 Å². The van der Waals surface area contributed by atoms with Gasteiger partial charge in [0.25, 0.3) is 5.78 Å². The van der Waals surface area contributed by atoms with Gasteiger partial charge in [0.15, 0.2) is 0 Å². The van der Waals surface area contributed by atoms with Crippen LogP contribution < -0.4 is 4.90 Å². The minimum atomic E-state index is -0.325. The average Bonchev–Trinajstić information content (AvgIpc) is 3.22. The highest BCUT2D eigenvalue weighted by Gasteiger charge is 2.27. The Morgan fingerprint density at radius 2 is 1.69 bits per heavy atom. The summed E-state index contributed by atoms with van der Waals surface area (Å²) in [5.74, 6) is 0.644. The van der Waals surface area contributed by atoms with Gasteiger partial charge in [0.2, 0.25) is 5.91 Å². The highest BCUT2D eigenvalue weighted by atomic mass is 16.5. The van der Waals surface area contributed by atoms with Gasteiger partial charge < -0.3 is 19.3 Å². The SMILES string of the molecule is CCOC(=O)CCCC(=O)N1CCN(c2c(CC(=O)OCC)c(C)nc3ncnn23)CC1. The van der Waals surface area contributed by atoms with Crippen molar-refractivity contribution in [2.24, 2.45) is 0 Å². The van der Waals surface area contributed by atoms with Gasteiger partial charge in [-0.3, -0.25) is 14.4 Å². The third-order valence-electron chi connectivity index (χ3n) is 5.34. The minimum Gasteiger partial charge on any atom is -0.466 e. The van der Waals surface area contributed by atoms with Crippen molar-refractivity contribution in [2.45, 2.75) is 46.5 Å². The molecule has 2 aromatic heterocycles. The summed E-state index contributed by atoms with van der Waals surface area (Å²) in [6.45, 7) is 8.27. The molecule has 3 rings (SSSR count). The van der Waals surface area contributed by atoms with Gasteiger partial charge in [-0.05, 0) is 27.2 Å². The van der Waals surface area contributed by atoms with Crippen LogP contribution in [0, 0.1) is 6.92 Å². The van der Waals surface area contributed by atoms with Gasteiger partial charge in [-0.25, -0.2) is 4.98 Å². The molecule has 0 N–H and O–H groups in total. The molecule has 11 nitrogen and oxygen atoms in total. The lowest BCUT2D eigenvalue weighted by Crippen LogP contribution is -2.49. The molecule has 0 atom stereocenters. The van der Waals surface area contributed by atoms with E-state index in [1.54, 1.807) is 23.3 Å². The zero-order chi connectivity index (χ0) is 23.1. The highest BCUT2D eigenvalue weighted by Crippen LogP contribution is 2.25. The Kier molecular flexibility index (Phi) is 7.96. The summed E-state index contributed by atoms with van der Waals surface area (Å²) < 4.78 is 11.7. The molecule has 0 saturated carbocycles. The fraction of sp³-hybridized carbons (Fsp3) is 0.619. The lowest BCUT2D eigenvalue weighted by Gasteiger charge is -2.37. The number of piperazine rings is 1. The van der Waals surface area contributed by atoms with Crippen LogP contribution in [-0.2, 0) is 30.3 Å². The third kappa shape index (κ3) is 5.51. The number of anilines is 1. The van der Waals surface area contributed by atoms with Gasteiger partial charge in [0, 0.05) is 50.3 Å². The summed E-state index contributed by atoms with van der Waals surface area (Å²) in [7, 11) is 0. The molecule has 1 aliphatic rings. The molecular formula is C21H30N6O5. The van der Waals surface area contributed by atoms with Gasteiger partial charge in [-0.2, -0.15) is 14.6 Å². The summed E-state index contributed by atoms with van der Waals surface area (Å²) >= 11 is 0. The predicted octanol–water partition coefficient (Wildman–Crippen LogP) is 0.920. The number of carbonyl (C=O) groups excluding carboxylic acids is 3. The summed E-state index contributed by atoms with van der Waals surface area (Å²) in [5.41, 5.74) is 1.45. The first-order valence-electron chi connectivity index (χ1n) is 11.0. The van der Waals surface area contributed by atoms with E-state index < -0.39 is 0 Å². The number of fused-ring (bicyclic) bond motifs is 1. The molecule has 32 heavy (non-hydrogen) atoms. The van der Waals surface area contributed by atoms with Crippen LogP contribution in [0.2, 0.25) is 0 Å². The quantitative estimate of drug-likeness (QED) is 0.518. The summed E-state index contributed by atoms with van der Waals surface area (Å²) in [4.78, 5) is 48.8. The van der Waals surface area contributed by atoms with E-state index in [-0.39, 0.29) is 30.7 Å². The maximum atomic E-state index is 12.5. The molecule has 1 saturated heterocycles. The summed E-state index contributed by atoms with van der Waals surface area (Å²) in [5, 5.41) is 4.30. The molecule has 0 spiro atoms. The number of hydrogen-bond acceptors (Lipinski definition) is 9. The van der Waals surface area contributed by atoms with Crippen LogP contribution in [0.3, 0.4) is 0 Å². The Bertz CT molecular complexity index is 967. The van der Waals surface area contributed by atoms with Crippen LogP contribution in [0.4, 0.5) is 5.82 Å². The number of nitrogens with zero attached hydrogens (tertiary/aromatic N) is 6. The van der Waals surface area contributed by atoms with Crippen molar-refractivity contribution < 1.29 is 23.9 Å². The fourth-order valence-electron chi connectivity index (χ4n) is 3.80. The smallest absolute Gasteiger partial charge is 0.310 e. The molecule has 1 fully saturated rings. The summed E-state index contributed by atoms with van der Waals surface area (Å²) in [6.07, 6.45) is 2.56. The van der Waals surface area contributed by atoms with Crippen molar-refractivity contribution in [3.63, 3.8) is 0 Å². The van der Waals surface area contributed by atoms with Gasteiger partial charge in [0.1, 0.15) is 12.1 Å². The van der Waals surface area contributed by atoms with Gasteiger partial charge in [-0.15, -0.1) is 0 Å². The van der Waals surface area contributed by atoms with Crippen molar-refractivity contribution >= 4 is 29.4 Å². The van der Waals surface area contributed by atoms with E-state index >= 15 is 0 Å². The molecular weight excluding hydrogens is 416 g/mol. The number of amides is 1. The maximum Gasteiger partial charge on any atom is 0.310 e. The molecule has 1 amide bonds. The van der Waals surface area contributed by atoms with Crippen LogP contribution in [0.25, 0.3) is 5.78 Å². The van der Waals surface area contributed by atoms with Crippen LogP contribution in [0.5, 0.6) is 0 Å². The van der Waals surface area contributed by atoms with E-state index in [1.807, 2.05) is 6.92 Å². The van der Waals surface area contributed by atoms with Crippen molar-refractivity contribution in [3.05, 3.63) is 17.6 Å². The van der Waals surface area contributed by atoms with E-state index in [0.717, 1.165) is 11.4 Å². The van der Waals surface area contributed by atoms with E-state index in [9.17, 15) is 14.4 Å². The standard InChI is InChI=1S/C21H30N6O5/c1-4-31-18(29)8-6-7-17(28)25-9-11-26(12-10-25)20-16(13-19(30)32-5-2)15(3)24-21-22-14-23-27(20)21/h14H,4-13H2,1-3H3. The largest absolute Gasteiger partial charge is 0.466 e. The van der Waals surface area contributed by atoms with Crippen molar-refractivity contribution in [3.8, 4) is 0 Å². The normalized spacial score (nSPS) is 14.0. The molecule has 0 unspecified atom stereocenters. The summed E-state index contributed by atoms with van der Waals surface area (Å²) in [6, 6.07) is 0. The van der Waals surface area contributed by atoms with Crippen molar-refractivity contribution in [1.29, 1.82) is 0 Å². The first-order valence-corrected chi connectivity index (χ1v) is 11.0. The number of carbonyl (C=O) groups is 3. The van der Waals surface area contributed by atoms with Crippen molar-refractivity contribution in [2.75, 3.05) is 44.3 Å². The van der Waals surface area contributed by atoms with E-state index in [4.69, 9.17) is 9.47 Å². The van der Waals surface area contributed by atoms with Gasteiger partial charge >= 0.3 is 11.9 Å². The Labute approximate surface area is 186 Å². The monoisotopic (exact) mass is 446 g/mol. The second kappa shape index (κ2) is 10.9. The number of esters is 2. The number of aromatic nitrogens is 4. The molecule has 174 valence electrons. The Hall–Kier alpha value is -3.24. The average molecular weight is 447 g/mol. The second-order valence-electron chi connectivity index (χ2n) is 7.48. The first kappa shape index (κ1) is 23.4. The predicted molar refractivity (Wildman–Crippen MR) is 115 cm³/mol.